The number of benzene rings is 2. The second-order valence-electron chi connectivity index (χ2n) is 7.43. The Morgan fingerprint density at radius 1 is 1.11 bits per heavy atom. The smallest absolute Gasteiger partial charge is 0.240 e. The van der Waals surface area contributed by atoms with Crippen molar-refractivity contribution in [1.82, 2.24) is 4.72 Å². The molecule has 1 N–H and O–H groups in total. The van der Waals surface area contributed by atoms with Crippen molar-refractivity contribution >= 4 is 15.7 Å². The fourth-order valence-corrected chi connectivity index (χ4v) is 5.22. The largest absolute Gasteiger partial charge is 0.497 e. The summed E-state index contributed by atoms with van der Waals surface area (Å²) in [6.07, 6.45) is 4.15. The molecule has 0 saturated carbocycles. The van der Waals surface area contributed by atoms with Crippen LogP contribution in [0.3, 0.4) is 0 Å². The molecule has 2 aromatic rings. The normalized spacial score (nSPS) is 19.3. The summed E-state index contributed by atoms with van der Waals surface area (Å²) in [5.41, 5.74) is 3.63. The number of aryl methyl sites for hydroxylation is 2. The second kappa shape index (κ2) is 7.52. The van der Waals surface area contributed by atoms with E-state index in [2.05, 4.69) is 21.8 Å². The van der Waals surface area contributed by atoms with Crippen molar-refractivity contribution in [2.24, 2.45) is 5.92 Å². The molecule has 27 heavy (non-hydrogen) atoms. The van der Waals surface area contributed by atoms with Gasteiger partial charge >= 0.3 is 0 Å². The number of ether oxygens (including phenoxy) is 1. The molecule has 2 aliphatic rings. The molecule has 1 unspecified atom stereocenters. The van der Waals surface area contributed by atoms with Gasteiger partial charge in [0, 0.05) is 25.3 Å². The number of sulfonamides is 1. The van der Waals surface area contributed by atoms with Crippen molar-refractivity contribution in [3.63, 3.8) is 0 Å². The highest BCUT2D eigenvalue weighted by molar-refractivity contribution is 7.89. The Bertz CT molecular complexity index is 910. The first kappa shape index (κ1) is 18.3. The molecule has 1 fully saturated rings. The topological polar surface area (TPSA) is 58.6 Å². The maximum atomic E-state index is 12.7. The van der Waals surface area contributed by atoms with Crippen LogP contribution in [0.4, 0.5) is 5.69 Å². The molecule has 5 nitrogen and oxygen atoms in total. The van der Waals surface area contributed by atoms with Gasteiger partial charge in [0.05, 0.1) is 12.0 Å². The summed E-state index contributed by atoms with van der Waals surface area (Å²) in [6.45, 7) is 2.28. The van der Waals surface area contributed by atoms with Gasteiger partial charge in [-0.15, -0.1) is 0 Å². The van der Waals surface area contributed by atoms with Gasteiger partial charge in [0.25, 0.3) is 0 Å². The van der Waals surface area contributed by atoms with Crippen LogP contribution in [0.5, 0.6) is 5.75 Å². The summed E-state index contributed by atoms with van der Waals surface area (Å²) < 4.78 is 33.4. The van der Waals surface area contributed by atoms with Crippen molar-refractivity contribution < 1.29 is 13.2 Å². The zero-order valence-corrected chi connectivity index (χ0v) is 16.5. The van der Waals surface area contributed by atoms with Crippen molar-refractivity contribution in [2.75, 3.05) is 31.6 Å². The Morgan fingerprint density at radius 2 is 1.89 bits per heavy atom. The number of fused-ring (bicyclic) bond motifs is 1. The van der Waals surface area contributed by atoms with E-state index in [0.29, 0.717) is 17.4 Å². The summed E-state index contributed by atoms with van der Waals surface area (Å²) in [5, 5.41) is 0. The first-order valence-electron chi connectivity index (χ1n) is 9.55. The third-order valence-corrected chi connectivity index (χ3v) is 7.09. The predicted octanol–water partition coefficient (Wildman–Crippen LogP) is 2.99. The minimum atomic E-state index is -3.45. The van der Waals surface area contributed by atoms with Gasteiger partial charge in [-0.2, -0.15) is 0 Å². The Labute approximate surface area is 161 Å². The molecule has 0 aromatic heterocycles. The highest BCUT2D eigenvalue weighted by atomic mass is 32.2. The Kier molecular flexibility index (Phi) is 5.10. The van der Waals surface area contributed by atoms with Crippen LogP contribution in [-0.2, 0) is 22.9 Å². The maximum absolute atomic E-state index is 12.7. The molecule has 1 saturated heterocycles. The lowest BCUT2D eigenvalue weighted by Gasteiger charge is -2.19. The number of hydrogen-bond acceptors (Lipinski definition) is 4. The molecule has 1 aliphatic carbocycles. The Hall–Kier alpha value is -2.05. The van der Waals surface area contributed by atoms with Gasteiger partial charge in [0.1, 0.15) is 5.75 Å². The SMILES string of the molecule is COc1ccc(N2CCC(CNS(=O)(=O)c3ccc4c(c3)CCC4)C2)cc1. The summed E-state index contributed by atoms with van der Waals surface area (Å²) in [5.74, 6) is 1.16. The van der Waals surface area contributed by atoms with Crippen LogP contribution in [-0.4, -0.2) is 35.2 Å². The first-order valence-corrected chi connectivity index (χ1v) is 11.0. The minimum Gasteiger partial charge on any atom is -0.497 e. The van der Waals surface area contributed by atoms with Crippen LogP contribution in [0.15, 0.2) is 47.4 Å². The molecule has 1 heterocycles. The lowest BCUT2D eigenvalue weighted by molar-refractivity contribution is 0.415. The highest BCUT2D eigenvalue weighted by Crippen LogP contribution is 2.27. The molecule has 6 heteroatoms. The molecular formula is C21H26N2O3S. The zero-order valence-electron chi connectivity index (χ0n) is 15.6. The predicted molar refractivity (Wildman–Crippen MR) is 107 cm³/mol. The second-order valence-corrected chi connectivity index (χ2v) is 9.20. The van der Waals surface area contributed by atoms with E-state index in [-0.39, 0.29) is 0 Å². The lowest BCUT2D eigenvalue weighted by Crippen LogP contribution is -2.31. The average Bonchev–Trinajstić information content (AvgIpc) is 3.35. The van der Waals surface area contributed by atoms with Crippen LogP contribution >= 0.6 is 0 Å². The quantitative estimate of drug-likeness (QED) is 0.829. The average molecular weight is 387 g/mol. The Morgan fingerprint density at radius 3 is 2.67 bits per heavy atom. The summed E-state index contributed by atoms with van der Waals surface area (Å²) >= 11 is 0. The van der Waals surface area contributed by atoms with E-state index in [4.69, 9.17) is 4.74 Å². The third-order valence-electron chi connectivity index (χ3n) is 5.67. The monoisotopic (exact) mass is 386 g/mol. The molecular weight excluding hydrogens is 360 g/mol. The molecule has 0 bridgehead atoms. The standard InChI is InChI=1S/C21H26N2O3S/c1-26-20-8-6-19(7-9-20)23-12-11-16(15-23)14-22-27(24,25)21-10-5-17-3-2-4-18(17)13-21/h5-10,13,16,22H,2-4,11-12,14-15H2,1H3. The molecule has 0 amide bonds. The van der Waals surface area contributed by atoms with Gasteiger partial charge < -0.3 is 9.64 Å². The molecule has 1 aliphatic heterocycles. The zero-order chi connectivity index (χ0) is 18.9. The van der Waals surface area contributed by atoms with Crippen LogP contribution in [0.25, 0.3) is 0 Å². The summed E-state index contributed by atoms with van der Waals surface area (Å²) in [6, 6.07) is 13.6. The number of methoxy groups -OCH3 is 1. The molecule has 0 spiro atoms. The Balaban J connectivity index is 1.36. The lowest BCUT2D eigenvalue weighted by atomic mass is 10.1. The number of hydrogen-bond donors (Lipinski definition) is 1. The van der Waals surface area contributed by atoms with E-state index in [0.717, 1.165) is 50.2 Å². The molecule has 4 rings (SSSR count). The van der Waals surface area contributed by atoms with Gasteiger partial charge in [0.2, 0.25) is 10.0 Å². The van der Waals surface area contributed by atoms with Gasteiger partial charge in [-0.25, -0.2) is 13.1 Å². The van der Waals surface area contributed by atoms with Crippen molar-refractivity contribution in [3.05, 3.63) is 53.6 Å². The maximum Gasteiger partial charge on any atom is 0.240 e. The first-order chi connectivity index (χ1) is 13.0. The molecule has 2 aromatic carbocycles. The third kappa shape index (κ3) is 3.96. The van der Waals surface area contributed by atoms with Crippen molar-refractivity contribution in [1.29, 1.82) is 0 Å². The van der Waals surface area contributed by atoms with Crippen molar-refractivity contribution in [3.8, 4) is 5.75 Å². The van der Waals surface area contributed by atoms with Gasteiger partial charge in [-0.1, -0.05) is 6.07 Å². The number of rotatable bonds is 6. The van der Waals surface area contributed by atoms with E-state index in [1.807, 2.05) is 24.3 Å². The number of nitrogens with zero attached hydrogens (tertiary/aromatic N) is 1. The van der Waals surface area contributed by atoms with Crippen molar-refractivity contribution in [2.45, 2.75) is 30.6 Å². The molecule has 1 atom stereocenters. The van der Waals surface area contributed by atoms with Crippen LogP contribution in [0.2, 0.25) is 0 Å². The van der Waals surface area contributed by atoms with E-state index < -0.39 is 10.0 Å². The van der Waals surface area contributed by atoms with E-state index in [1.165, 1.54) is 11.1 Å². The van der Waals surface area contributed by atoms with Gasteiger partial charge in [-0.3, -0.25) is 0 Å². The highest BCUT2D eigenvalue weighted by Gasteiger charge is 2.25. The van der Waals surface area contributed by atoms with Crippen LogP contribution < -0.4 is 14.4 Å². The van der Waals surface area contributed by atoms with Gasteiger partial charge in [-0.05, 0) is 79.1 Å². The minimum absolute atomic E-state index is 0.316. The molecule has 0 radical (unpaired) electrons. The van der Waals surface area contributed by atoms with Crippen LogP contribution in [0, 0.1) is 5.92 Å². The van der Waals surface area contributed by atoms with E-state index >= 15 is 0 Å². The number of anilines is 1. The molecule has 144 valence electrons. The summed E-state index contributed by atoms with van der Waals surface area (Å²) in [7, 11) is -1.78. The van der Waals surface area contributed by atoms with Gasteiger partial charge in [0.15, 0.2) is 0 Å². The summed E-state index contributed by atoms with van der Waals surface area (Å²) in [4.78, 5) is 2.70. The fourth-order valence-electron chi connectivity index (χ4n) is 4.05. The number of nitrogens with one attached hydrogen (secondary N) is 1. The van der Waals surface area contributed by atoms with E-state index in [9.17, 15) is 8.42 Å². The van der Waals surface area contributed by atoms with E-state index in [1.54, 1.807) is 13.2 Å². The fraction of sp³-hybridized carbons (Fsp3) is 0.429. The van der Waals surface area contributed by atoms with Crippen LogP contribution in [0.1, 0.15) is 24.0 Å².